The van der Waals surface area contributed by atoms with E-state index in [2.05, 4.69) is 44.3 Å². The van der Waals surface area contributed by atoms with Gasteiger partial charge in [0.15, 0.2) is 0 Å². The van der Waals surface area contributed by atoms with Crippen LogP contribution in [0.2, 0.25) is 0 Å². The number of aromatic nitrogens is 2. The summed E-state index contributed by atoms with van der Waals surface area (Å²) in [6.07, 6.45) is 8.37. The Kier molecular flexibility index (Phi) is 6.69. The minimum atomic E-state index is -0.926. The average molecular weight is 463 g/mol. The Hall–Kier alpha value is -2.77. The van der Waals surface area contributed by atoms with E-state index in [0.29, 0.717) is 0 Å². The van der Waals surface area contributed by atoms with Crippen LogP contribution in [-0.4, -0.2) is 58.4 Å². The van der Waals surface area contributed by atoms with Crippen molar-refractivity contribution in [1.29, 1.82) is 0 Å². The monoisotopic (exact) mass is 462 g/mol. The quantitative estimate of drug-likeness (QED) is 0.511. The highest BCUT2D eigenvalue weighted by atomic mass is 32.1. The van der Waals surface area contributed by atoms with Crippen LogP contribution in [0.1, 0.15) is 48.9 Å². The standard InChI is InChI=1S/C26H30N4O2S/c31-26(32)21-9-7-19(8-10-21)24-27-28-25(33-24)20-11-13-23(14-12-20)30-17-15-29(16-18-30)22-5-3-1-2-4-6-22/h7-14,22H,1-6,15-18H2,(H,31,32). The number of anilines is 1. The van der Waals surface area contributed by atoms with Gasteiger partial charge in [-0.05, 0) is 49.2 Å². The lowest BCUT2D eigenvalue weighted by atomic mass is 10.1. The number of nitrogens with zero attached hydrogens (tertiary/aromatic N) is 4. The predicted molar refractivity (Wildman–Crippen MR) is 133 cm³/mol. The van der Waals surface area contributed by atoms with Crippen molar-refractivity contribution in [2.24, 2.45) is 0 Å². The lowest BCUT2D eigenvalue weighted by Gasteiger charge is -2.40. The average Bonchev–Trinajstić information content (AvgIpc) is 3.20. The Morgan fingerprint density at radius 2 is 1.33 bits per heavy atom. The van der Waals surface area contributed by atoms with E-state index in [1.54, 1.807) is 24.3 Å². The molecule has 0 spiro atoms. The normalized spacial score (nSPS) is 18.2. The number of hydrogen-bond donors (Lipinski definition) is 1. The van der Waals surface area contributed by atoms with Gasteiger partial charge in [-0.15, -0.1) is 10.2 Å². The zero-order chi connectivity index (χ0) is 22.6. The number of rotatable bonds is 5. The van der Waals surface area contributed by atoms with Crippen LogP contribution in [0.4, 0.5) is 5.69 Å². The van der Waals surface area contributed by atoms with E-state index < -0.39 is 5.97 Å². The van der Waals surface area contributed by atoms with Gasteiger partial charge in [0.1, 0.15) is 10.0 Å². The largest absolute Gasteiger partial charge is 0.478 e. The van der Waals surface area contributed by atoms with Crippen molar-refractivity contribution in [2.45, 2.75) is 44.6 Å². The third kappa shape index (κ3) is 5.09. The van der Waals surface area contributed by atoms with E-state index in [0.717, 1.165) is 53.4 Å². The van der Waals surface area contributed by atoms with Crippen molar-refractivity contribution >= 4 is 23.0 Å². The number of carbonyl (C=O) groups is 1. The Morgan fingerprint density at radius 1 is 0.788 bits per heavy atom. The van der Waals surface area contributed by atoms with E-state index >= 15 is 0 Å². The first-order chi connectivity index (χ1) is 16.2. The molecule has 0 unspecified atom stereocenters. The molecule has 5 rings (SSSR count). The third-order valence-electron chi connectivity index (χ3n) is 6.94. The molecule has 7 heteroatoms. The van der Waals surface area contributed by atoms with Gasteiger partial charge >= 0.3 is 5.97 Å². The molecule has 1 aliphatic carbocycles. The summed E-state index contributed by atoms with van der Waals surface area (Å²) in [5.41, 5.74) is 3.48. The van der Waals surface area contributed by atoms with Gasteiger partial charge in [-0.2, -0.15) is 0 Å². The summed E-state index contributed by atoms with van der Waals surface area (Å²) < 4.78 is 0. The summed E-state index contributed by atoms with van der Waals surface area (Å²) in [4.78, 5) is 16.3. The Balaban J connectivity index is 1.21. The predicted octanol–water partition coefficient (Wildman–Crippen LogP) is 5.42. The van der Waals surface area contributed by atoms with Crippen LogP contribution >= 0.6 is 11.3 Å². The summed E-state index contributed by atoms with van der Waals surface area (Å²) in [6.45, 7) is 4.50. The van der Waals surface area contributed by atoms with Crippen molar-refractivity contribution in [3.63, 3.8) is 0 Å². The fourth-order valence-electron chi connectivity index (χ4n) is 4.99. The number of hydrogen-bond acceptors (Lipinski definition) is 6. The van der Waals surface area contributed by atoms with E-state index in [1.807, 2.05) is 0 Å². The first kappa shape index (κ1) is 22.0. The number of aromatic carboxylic acids is 1. The summed E-state index contributed by atoms with van der Waals surface area (Å²) >= 11 is 1.52. The molecule has 1 saturated carbocycles. The Morgan fingerprint density at radius 3 is 1.88 bits per heavy atom. The maximum Gasteiger partial charge on any atom is 0.335 e. The van der Waals surface area contributed by atoms with Crippen LogP contribution < -0.4 is 4.90 Å². The molecule has 3 aromatic rings. The van der Waals surface area contributed by atoms with Crippen LogP contribution in [0.3, 0.4) is 0 Å². The maximum absolute atomic E-state index is 11.0. The zero-order valence-electron chi connectivity index (χ0n) is 18.8. The third-order valence-corrected chi connectivity index (χ3v) is 7.96. The minimum absolute atomic E-state index is 0.272. The molecule has 0 bridgehead atoms. The second-order valence-corrected chi connectivity index (χ2v) is 9.99. The molecule has 172 valence electrons. The molecule has 1 aliphatic heterocycles. The second kappa shape index (κ2) is 10.0. The van der Waals surface area contributed by atoms with Gasteiger partial charge in [-0.25, -0.2) is 4.79 Å². The molecule has 2 aliphatic rings. The highest BCUT2D eigenvalue weighted by Gasteiger charge is 2.24. The summed E-state index contributed by atoms with van der Waals surface area (Å²) in [6, 6.07) is 16.2. The minimum Gasteiger partial charge on any atom is -0.478 e. The van der Waals surface area contributed by atoms with Gasteiger partial charge in [0, 0.05) is 49.0 Å². The van der Waals surface area contributed by atoms with Gasteiger partial charge in [-0.3, -0.25) is 4.90 Å². The lowest BCUT2D eigenvalue weighted by molar-refractivity contribution is 0.0697. The van der Waals surface area contributed by atoms with E-state index in [-0.39, 0.29) is 5.56 Å². The fraction of sp³-hybridized carbons (Fsp3) is 0.423. The zero-order valence-corrected chi connectivity index (χ0v) is 19.6. The number of benzene rings is 2. The molecule has 2 fully saturated rings. The molecule has 1 N–H and O–H groups in total. The van der Waals surface area contributed by atoms with Crippen LogP contribution in [0, 0.1) is 0 Å². The number of piperazine rings is 1. The van der Waals surface area contributed by atoms with Crippen molar-refractivity contribution in [1.82, 2.24) is 15.1 Å². The molecule has 0 radical (unpaired) electrons. The molecular formula is C26H30N4O2S. The first-order valence-corrected chi connectivity index (χ1v) is 12.8. The van der Waals surface area contributed by atoms with E-state index in [1.165, 1.54) is 55.5 Å². The van der Waals surface area contributed by atoms with Crippen molar-refractivity contribution in [3.05, 3.63) is 54.1 Å². The molecule has 2 heterocycles. The van der Waals surface area contributed by atoms with Crippen molar-refractivity contribution in [2.75, 3.05) is 31.1 Å². The van der Waals surface area contributed by atoms with Crippen molar-refractivity contribution < 1.29 is 9.90 Å². The van der Waals surface area contributed by atoms with Gasteiger partial charge in [0.05, 0.1) is 5.56 Å². The molecule has 0 atom stereocenters. The SMILES string of the molecule is O=C(O)c1ccc(-c2nnc(-c3ccc(N4CCN(C5CCCCCC5)CC4)cc3)s2)cc1. The number of carboxylic acids is 1. The smallest absolute Gasteiger partial charge is 0.335 e. The molecule has 6 nitrogen and oxygen atoms in total. The topological polar surface area (TPSA) is 69.6 Å². The maximum atomic E-state index is 11.0. The van der Waals surface area contributed by atoms with E-state index in [9.17, 15) is 4.79 Å². The molecule has 2 aromatic carbocycles. The molecule has 1 aromatic heterocycles. The van der Waals surface area contributed by atoms with Gasteiger partial charge in [0.2, 0.25) is 0 Å². The highest BCUT2D eigenvalue weighted by molar-refractivity contribution is 7.17. The molecule has 0 amide bonds. The highest BCUT2D eigenvalue weighted by Crippen LogP contribution is 2.31. The van der Waals surface area contributed by atoms with Crippen LogP contribution in [0.25, 0.3) is 21.1 Å². The van der Waals surface area contributed by atoms with Crippen LogP contribution in [0.5, 0.6) is 0 Å². The second-order valence-electron chi connectivity index (χ2n) is 9.01. The van der Waals surface area contributed by atoms with Gasteiger partial charge in [0.25, 0.3) is 0 Å². The lowest BCUT2D eigenvalue weighted by Crippen LogP contribution is -2.50. The van der Waals surface area contributed by atoms with E-state index in [4.69, 9.17) is 5.11 Å². The summed E-state index contributed by atoms with van der Waals surface area (Å²) in [7, 11) is 0. The van der Waals surface area contributed by atoms with Gasteiger partial charge < -0.3 is 10.0 Å². The molecule has 1 saturated heterocycles. The van der Waals surface area contributed by atoms with Crippen LogP contribution in [0.15, 0.2) is 48.5 Å². The van der Waals surface area contributed by atoms with Crippen LogP contribution in [-0.2, 0) is 0 Å². The van der Waals surface area contributed by atoms with Crippen molar-refractivity contribution in [3.8, 4) is 21.1 Å². The summed E-state index contributed by atoms with van der Waals surface area (Å²) in [5.74, 6) is -0.926. The summed E-state index contributed by atoms with van der Waals surface area (Å²) in [5, 5.41) is 19.4. The molecule has 33 heavy (non-hydrogen) atoms. The Bertz CT molecular complexity index is 1060. The Labute approximate surface area is 198 Å². The first-order valence-electron chi connectivity index (χ1n) is 11.9. The van der Waals surface area contributed by atoms with Gasteiger partial charge in [-0.1, -0.05) is 49.2 Å². The number of carboxylic acid groups (broad SMARTS) is 1. The fourth-order valence-corrected chi connectivity index (χ4v) is 5.85. The molecular weight excluding hydrogens is 432 g/mol.